The van der Waals surface area contributed by atoms with Gasteiger partial charge in [-0.2, -0.15) is 0 Å². The molecule has 0 spiro atoms. The lowest BCUT2D eigenvalue weighted by Gasteiger charge is -2.09. The molecule has 0 unspecified atom stereocenters. The Morgan fingerprint density at radius 2 is 2.00 bits per heavy atom. The first-order chi connectivity index (χ1) is 10.4. The second kappa shape index (κ2) is 5.38. The van der Waals surface area contributed by atoms with Gasteiger partial charge in [0.25, 0.3) is 5.91 Å². The fourth-order valence-electron chi connectivity index (χ4n) is 2.41. The molecular formula is C16H14N2O3S. The molecule has 0 fully saturated rings. The van der Waals surface area contributed by atoms with Gasteiger partial charge in [-0.25, -0.2) is 9.78 Å². The third kappa shape index (κ3) is 2.65. The first-order valence-electron chi connectivity index (χ1n) is 6.74. The molecule has 0 atom stereocenters. The summed E-state index contributed by atoms with van der Waals surface area (Å²) in [6, 6.07) is 6.89. The highest BCUT2D eigenvalue weighted by atomic mass is 32.1. The highest BCUT2D eigenvalue weighted by Crippen LogP contribution is 2.25. The van der Waals surface area contributed by atoms with Crippen molar-refractivity contribution < 1.29 is 9.21 Å². The van der Waals surface area contributed by atoms with Gasteiger partial charge >= 0.3 is 5.63 Å². The van der Waals surface area contributed by atoms with E-state index in [-0.39, 0.29) is 5.91 Å². The van der Waals surface area contributed by atoms with E-state index in [9.17, 15) is 9.59 Å². The van der Waals surface area contributed by atoms with E-state index in [2.05, 4.69) is 10.3 Å². The molecule has 1 aromatic carbocycles. The van der Waals surface area contributed by atoms with Crippen molar-refractivity contribution in [2.24, 2.45) is 0 Å². The number of rotatable bonds is 2. The monoisotopic (exact) mass is 314 g/mol. The van der Waals surface area contributed by atoms with Gasteiger partial charge in [-0.1, -0.05) is 0 Å². The number of amides is 1. The number of anilines is 1. The fourth-order valence-corrected chi connectivity index (χ4v) is 3.27. The fraction of sp³-hybridized carbons (Fsp3) is 0.188. The van der Waals surface area contributed by atoms with Gasteiger partial charge in [-0.3, -0.25) is 4.79 Å². The minimum Gasteiger partial charge on any atom is -0.427 e. The van der Waals surface area contributed by atoms with Crippen molar-refractivity contribution >= 4 is 33.1 Å². The molecule has 0 aliphatic heterocycles. The molecular weight excluding hydrogens is 300 g/mol. The quantitative estimate of drug-likeness (QED) is 0.786. The van der Waals surface area contributed by atoms with Crippen molar-refractivity contribution in [2.45, 2.75) is 20.8 Å². The Morgan fingerprint density at radius 3 is 2.73 bits per heavy atom. The molecule has 112 valence electrons. The van der Waals surface area contributed by atoms with Crippen LogP contribution in [0.5, 0.6) is 0 Å². The van der Waals surface area contributed by atoms with Gasteiger partial charge in [0.15, 0.2) is 0 Å². The Balaban J connectivity index is 1.94. The summed E-state index contributed by atoms with van der Waals surface area (Å²) in [7, 11) is 0. The van der Waals surface area contributed by atoms with Gasteiger partial charge in [0.2, 0.25) is 0 Å². The van der Waals surface area contributed by atoms with Crippen molar-refractivity contribution in [3.05, 3.63) is 56.6 Å². The van der Waals surface area contributed by atoms with Crippen LogP contribution >= 0.6 is 11.3 Å². The van der Waals surface area contributed by atoms with Crippen LogP contribution in [-0.2, 0) is 0 Å². The zero-order chi connectivity index (χ0) is 15.9. The second-order valence-corrected chi connectivity index (χ2v) is 6.28. The molecule has 3 aromatic rings. The van der Waals surface area contributed by atoms with Crippen molar-refractivity contribution in [1.29, 1.82) is 0 Å². The number of aryl methyl sites for hydroxylation is 3. The summed E-state index contributed by atoms with van der Waals surface area (Å²) in [5.74, 6) is 0.0246. The average molecular weight is 314 g/mol. The summed E-state index contributed by atoms with van der Waals surface area (Å²) in [5, 5.41) is 3.82. The number of thiazole rings is 1. The molecule has 2 aromatic heterocycles. The van der Waals surface area contributed by atoms with Crippen LogP contribution < -0.4 is 10.9 Å². The van der Waals surface area contributed by atoms with E-state index in [1.54, 1.807) is 25.2 Å². The summed E-state index contributed by atoms with van der Waals surface area (Å²) in [5.41, 5.74) is 2.14. The van der Waals surface area contributed by atoms with Gasteiger partial charge in [0.1, 0.15) is 5.76 Å². The van der Waals surface area contributed by atoms with Crippen LogP contribution in [0.15, 0.2) is 33.5 Å². The number of fused-ring (bicyclic) bond motifs is 1. The Labute approximate surface area is 130 Å². The van der Waals surface area contributed by atoms with Crippen LogP contribution in [0, 0.1) is 20.8 Å². The molecule has 0 aliphatic rings. The van der Waals surface area contributed by atoms with Gasteiger partial charge in [0.05, 0.1) is 20.8 Å². The van der Waals surface area contributed by atoms with Crippen molar-refractivity contribution in [3.8, 4) is 0 Å². The number of benzene rings is 1. The van der Waals surface area contributed by atoms with E-state index < -0.39 is 5.63 Å². The van der Waals surface area contributed by atoms with Gasteiger partial charge in [0, 0.05) is 11.8 Å². The zero-order valence-corrected chi connectivity index (χ0v) is 13.2. The Morgan fingerprint density at radius 1 is 1.23 bits per heavy atom. The van der Waals surface area contributed by atoms with E-state index in [0.717, 1.165) is 15.2 Å². The summed E-state index contributed by atoms with van der Waals surface area (Å²) in [6.07, 6.45) is 0. The normalized spacial score (nSPS) is 10.9. The van der Waals surface area contributed by atoms with Crippen LogP contribution in [0.2, 0.25) is 0 Å². The maximum atomic E-state index is 12.4. The van der Waals surface area contributed by atoms with Crippen LogP contribution in [-0.4, -0.2) is 10.9 Å². The van der Waals surface area contributed by atoms with Gasteiger partial charge in [-0.15, -0.1) is 11.3 Å². The van der Waals surface area contributed by atoms with E-state index >= 15 is 0 Å². The molecule has 6 heteroatoms. The number of carbonyl (C=O) groups excluding carboxylic acids is 1. The predicted octanol–water partition coefficient (Wildman–Crippen LogP) is 3.43. The largest absolute Gasteiger partial charge is 0.427 e. The maximum absolute atomic E-state index is 12.4. The molecule has 0 aliphatic carbocycles. The van der Waals surface area contributed by atoms with E-state index in [1.807, 2.05) is 25.1 Å². The molecule has 0 saturated heterocycles. The van der Waals surface area contributed by atoms with Crippen LogP contribution in [0.4, 0.5) is 5.69 Å². The minimum atomic E-state index is -0.451. The topological polar surface area (TPSA) is 72.2 Å². The summed E-state index contributed by atoms with van der Waals surface area (Å²) in [6.45, 7) is 5.27. The van der Waals surface area contributed by atoms with Crippen molar-refractivity contribution in [2.75, 3.05) is 5.32 Å². The average Bonchev–Trinajstić information content (AvgIpc) is 2.76. The smallest absolute Gasteiger partial charge is 0.336 e. The molecule has 2 heterocycles. The Kier molecular flexibility index (Phi) is 3.54. The zero-order valence-electron chi connectivity index (χ0n) is 12.4. The lowest BCUT2D eigenvalue weighted by atomic mass is 10.1. The lowest BCUT2D eigenvalue weighted by molar-refractivity contribution is 0.102. The number of nitrogens with zero attached hydrogens (tertiary/aromatic N) is 1. The first kappa shape index (κ1) is 14.5. The summed E-state index contributed by atoms with van der Waals surface area (Å²) < 4.78 is 6.01. The predicted molar refractivity (Wildman–Crippen MR) is 86.8 cm³/mol. The van der Waals surface area contributed by atoms with Crippen molar-refractivity contribution in [3.63, 3.8) is 0 Å². The molecule has 5 nitrogen and oxygen atoms in total. The van der Waals surface area contributed by atoms with Gasteiger partial charge in [-0.05, 0) is 44.5 Å². The summed E-state index contributed by atoms with van der Waals surface area (Å²) >= 11 is 1.58. The number of aromatic nitrogens is 1. The first-order valence-corrected chi connectivity index (χ1v) is 7.55. The lowest BCUT2D eigenvalue weighted by Crippen LogP contribution is -2.17. The van der Waals surface area contributed by atoms with Crippen molar-refractivity contribution in [1.82, 2.24) is 4.98 Å². The number of hydrogen-bond donors (Lipinski definition) is 1. The molecule has 1 amide bonds. The van der Waals surface area contributed by atoms with Gasteiger partial charge < -0.3 is 9.73 Å². The highest BCUT2D eigenvalue weighted by Gasteiger charge is 2.15. The minimum absolute atomic E-state index is 0.292. The number of carbonyl (C=O) groups is 1. The van der Waals surface area contributed by atoms with E-state index in [4.69, 9.17) is 4.42 Å². The SMILES string of the molecule is Cc1nc2ccc(NC(=O)c3c(C)cc(=O)oc3C)cc2s1. The Bertz CT molecular complexity index is 914. The van der Waals surface area contributed by atoms with E-state index in [1.165, 1.54) is 6.07 Å². The number of hydrogen-bond acceptors (Lipinski definition) is 5. The summed E-state index contributed by atoms with van der Waals surface area (Å²) in [4.78, 5) is 28.1. The number of nitrogens with one attached hydrogen (secondary N) is 1. The standard InChI is InChI=1S/C16H14N2O3S/c1-8-6-14(19)21-9(2)15(8)16(20)18-11-4-5-12-13(7-11)22-10(3)17-12/h4-7H,1-3H3,(H,18,20). The van der Waals surface area contributed by atoms with Crippen LogP contribution in [0.25, 0.3) is 10.2 Å². The molecule has 0 bridgehead atoms. The Hall–Kier alpha value is -2.47. The third-order valence-electron chi connectivity index (χ3n) is 3.31. The van der Waals surface area contributed by atoms with Crippen LogP contribution in [0.1, 0.15) is 26.7 Å². The molecule has 0 saturated carbocycles. The molecule has 3 rings (SSSR count). The molecule has 22 heavy (non-hydrogen) atoms. The third-order valence-corrected chi connectivity index (χ3v) is 4.25. The van der Waals surface area contributed by atoms with Crippen LogP contribution in [0.3, 0.4) is 0 Å². The highest BCUT2D eigenvalue weighted by molar-refractivity contribution is 7.18. The van der Waals surface area contributed by atoms with E-state index in [0.29, 0.717) is 22.6 Å². The molecule has 1 N–H and O–H groups in total. The molecule has 0 radical (unpaired) electrons. The maximum Gasteiger partial charge on any atom is 0.336 e. The second-order valence-electron chi connectivity index (χ2n) is 5.05.